The molecule has 1 rings (SSSR count). The molecule has 0 unspecified atom stereocenters. The molecule has 0 aromatic heterocycles. The summed E-state index contributed by atoms with van der Waals surface area (Å²) in [4.78, 5) is 4.41. The van der Waals surface area contributed by atoms with Crippen molar-refractivity contribution in [1.29, 1.82) is 0 Å². The fourth-order valence-corrected chi connectivity index (χ4v) is 1.68. The number of ether oxygens (including phenoxy) is 1. The molecule has 0 spiro atoms. The molecule has 3 N–H and O–H groups in total. The van der Waals surface area contributed by atoms with Crippen molar-refractivity contribution in [1.82, 2.24) is 5.32 Å². The second-order valence-corrected chi connectivity index (χ2v) is 4.72. The minimum atomic E-state index is 0. The van der Waals surface area contributed by atoms with Gasteiger partial charge in [-0.2, -0.15) is 0 Å². The molecule has 4 nitrogen and oxygen atoms in total. The highest BCUT2D eigenvalue weighted by Gasteiger charge is 2.41. The number of nitrogens with zero attached hydrogens (tertiary/aromatic N) is 1. The molecular weight excluding hydrogens is 329 g/mol. The van der Waals surface area contributed by atoms with E-state index < -0.39 is 0 Å². The van der Waals surface area contributed by atoms with Crippen LogP contribution in [0.2, 0.25) is 0 Å². The fraction of sp³-hybridized carbons (Fsp3) is 0.917. The second kappa shape index (κ2) is 8.97. The van der Waals surface area contributed by atoms with E-state index in [1.165, 1.54) is 19.3 Å². The monoisotopic (exact) mass is 355 g/mol. The molecule has 0 saturated heterocycles. The quantitative estimate of drug-likeness (QED) is 0.304. The number of aliphatic imine (C=N–C) groups is 1. The number of unbranched alkanes of at least 4 members (excludes halogenated alkanes) is 1. The van der Waals surface area contributed by atoms with E-state index in [4.69, 9.17) is 10.5 Å². The highest BCUT2D eigenvalue weighted by Crippen LogP contribution is 2.48. The largest absolute Gasteiger partial charge is 0.385 e. The summed E-state index contributed by atoms with van der Waals surface area (Å²) in [6, 6.07) is 0. The van der Waals surface area contributed by atoms with Crippen LogP contribution in [0.5, 0.6) is 0 Å². The summed E-state index contributed by atoms with van der Waals surface area (Å²) >= 11 is 0. The molecule has 17 heavy (non-hydrogen) atoms. The molecule has 0 aromatic rings. The Morgan fingerprint density at radius 3 is 2.71 bits per heavy atom. The molecule has 0 aliphatic heterocycles. The fourth-order valence-electron chi connectivity index (χ4n) is 1.68. The van der Waals surface area contributed by atoms with Gasteiger partial charge < -0.3 is 15.8 Å². The zero-order chi connectivity index (χ0) is 11.9. The molecule has 0 atom stereocenters. The molecule has 1 aliphatic carbocycles. The predicted molar refractivity (Wildman–Crippen MR) is 83.0 cm³/mol. The first kappa shape index (κ1) is 17.0. The lowest BCUT2D eigenvalue weighted by molar-refractivity contribution is 0.174. The number of guanidine groups is 1. The summed E-state index contributed by atoms with van der Waals surface area (Å²) in [5, 5.41) is 3.14. The van der Waals surface area contributed by atoms with Crippen molar-refractivity contribution in [2.45, 2.75) is 39.0 Å². The van der Waals surface area contributed by atoms with E-state index in [0.717, 1.165) is 32.5 Å². The van der Waals surface area contributed by atoms with Gasteiger partial charge in [-0.15, -0.1) is 24.0 Å². The van der Waals surface area contributed by atoms with Gasteiger partial charge in [0.2, 0.25) is 0 Å². The zero-order valence-electron chi connectivity index (χ0n) is 11.0. The molecule has 1 saturated carbocycles. The van der Waals surface area contributed by atoms with Gasteiger partial charge in [-0.05, 0) is 31.1 Å². The van der Waals surface area contributed by atoms with Crippen molar-refractivity contribution in [3.8, 4) is 0 Å². The first-order valence-corrected chi connectivity index (χ1v) is 6.25. The Morgan fingerprint density at radius 2 is 2.18 bits per heavy atom. The summed E-state index contributed by atoms with van der Waals surface area (Å²) < 4.78 is 5.11. The van der Waals surface area contributed by atoms with Crippen molar-refractivity contribution < 1.29 is 4.74 Å². The van der Waals surface area contributed by atoms with E-state index in [1.54, 1.807) is 7.11 Å². The van der Waals surface area contributed by atoms with Gasteiger partial charge in [-0.1, -0.05) is 13.3 Å². The molecule has 0 heterocycles. The molecule has 5 heteroatoms. The van der Waals surface area contributed by atoms with Crippen LogP contribution >= 0.6 is 24.0 Å². The highest BCUT2D eigenvalue weighted by atomic mass is 127. The molecule has 0 bridgehead atoms. The number of hydrogen-bond acceptors (Lipinski definition) is 2. The van der Waals surface area contributed by atoms with Crippen LogP contribution in [0.15, 0.2) is 4.99 Å². The van der Waals surface area contributed by atoms with E-state index in [1.807, 2.05) is 0 Å². The maximum atomic E-state index is 5.79. The summed E-state index contributed by atoms with van der Waals surface area (Å²) in [6.07, 6.45) is 5.96. The maximum Gasteiger partial charge on any atom is 0.188 e. The Hall–Kier alpha value is -0.0400. The van der Waals surface area contributed by atoms with Gasteiger partial charge in [0.15, 0.2) is 5.96 Å². The third-order valence-corrected chi connectivity index (χ3v) is 3.21. The minimum absolute atomic E-state index is 0. The Labute approximate surface area is 122 Å². The predicted octanol–water partition coefficient (Wildman–Crippen LogP) is 2.13. The van der Waals surface area contributed by atoms with E-state index >= 15 is 0 Å². The summed E-state index contributed by atoms with van der Waals surface area (Å²) in [5.41, 5.74) is 6.18. The zero-order valence-corrected chi connectivity index (χ0v) is 13.3. The van der Waals surface area contributed by atoms with Crippen molar-refractivity contribution >= 4 is 29.9 Å². The van der Waals surface area contributed by atoms with Crippen LogP contribution in [0, 0.1) is 5.41 Å². The van der Waals surface area contributed by atoms with E-state index in [2.05, 4.69) is 17.2 Å². The van der Waals surface area contributed by atoms with Crippen molar-refractivity contribution in [3.05, 3.63) is 0 Å². The van der Waals surface area contributed by atoms with Gasteiger partial charge in [0, 0.05) is 26.8 Å². The highest BCUT2D eigenvalue weighted by molar-refractivity contribution is 14.0. The van der Waals surface area contributed by atoms with E-state index in [0.29, 0.717) is 11.4 Å². The van der Waals surface area contributed by atoms with Gasteiger partial charge in [0.25, 0.3) is 0 Å². The molecule has 1 aliphatic rings. The number of methoxy groups -OCH3 is 1. The van der Waals surface area contributed by atoms with Crippen LogP contribution in [0.25, 0.3) is 0 Å². The number of hydrogen-bond donors (Lipinski definition) is 2. The average molecular weight is 355 g/mol. The number of nitrogens with two attached hydrogens (primary N) is 1. The smallest absolute Gasteiger partial charge is 0.188 e. The molecule has 102 valence electrons. The van der Waals surface area contributed by atoms with Crippen molar-refractivity contribution in [2.75, 3.05) is 26.8 Å². The number of halogens is 1. The van der Waals surface area contributed by atoms with E-state index in [-0.39, 0.29) is 24.0 Å². The van der Waals surface area contributed by atoms with Gasteiger partial charge in [-0.3, -0.25) is 4.99 Å². The van der Waals surface area contributed by atoms with Gasteiger partial charge in [-0.25, -0.2) is 0 Å². The Balaban J connectivity index is 0.00000256. The van der Waals surface area contributed by atoms with Gasteiger partial charge in [0.1, 0.15) is 0 Å². The number of nitrogens with one attached hydrogen (secondary N) is 1. The third kappa shape index (κ3) is 7.08. The number of rotatable bonds is 8. The average Bonchev–Trinajstić information content (AvgIpc) is 3.05. The van der Waals surface area contributed by atoms with Gasteiger partial charge in [0.05, 0.1) is 0 Å². The topological polar surface area (TPSA) is 59.6 Å². The molecule has 1 fully saturated rings. The minimum Gasteiger partial charge on any atom is -0.385 e. The van der Waals surface area contributed by atoms with Crippen LogP contribution in [-0.2, 0) is 4.74 Å². The van der Waals surface area contributed by atoms with Crippen LogP contribution in [-0.4, -0.2) is 32.8 Å². The maximum absolute atomic E-state index is 5.79. The Kier molecular flexibility index (Phi) is 8.94. The van der Waals surface area contributed by atoms with Gasteiger partial charge >= 0.3 is 0 Å². The van der Waals surface area contributed by atoms with Crippen LogP contribution in [0.4, 0.5) is 0 Å². The molecule has 0 amide bonds. The molecular formula is C12H26IN3O. The normalized spacial score (nSPS) is 17.4. The van der Waals surface area contributed by atoms with Crippen LogP contribution in [0.1, 0.15) is 39.0 Å². The first-order valence-electron chi connectivity index (χ1n) is 6.25. The second-order valence-electron chi connectivity index (χ2n) is 4.72. The Morgan fingerprint density at radius 1 is 1.47 bits per heavy atom. The lowest BCUT2D eigenvalue weighted by atomic mass is 10.0. The lowest BCUT2D eigenvalue weighted by Crippen LogP contribution is -2.33. The summed E-state index contributed by atoms with van der Waals surface area (Å²) in [5.74, 6) is 0.595. The summed E-state index contributed by atoms with van der Waals surface area (Å²) in [6.45, 7) is 4.77. The molecule has 0 aromatic carbocycles. The van der Waals surface area contributed by atoms with E-state index in [9.17, 15) is 0 Å². The summed E-state index contributed by atoms with van der Waals surface area (Å²) in [7, 11) is 1.75. The lowest BCUT2D eigenvalue weighted by Gasteiger charge is -2.12. The molecule has 0 radical (unpaired) electrons. The van der Waals surface area contributed by atoms with Crippen molar-refractivity contribution in [3.63, 3.8) is 0 Å². The SMILES string of the molecule is CCCCNC(N)=NCC1(CCOC)CC1.I. The van der Waals surface area contributed by atoms with Crippen LogP contribution in [0.3, 0.4) is 0 Å². The Bertz CT molecular complexity index is 230. The third-order valence-electron chi connectivity index (χ3n) is 3.21. The van der Waals surface area contributed by atoms with Crippen molar-refractivity contribution in [2.24, 2.45) is 16.1 Å². The van der Waals surface area contributed by atoms with Crippen LogP contribution < -0.4 is 11.1 Å². The first-order chi connectivity index (χ1) is 7.72. The standard InChI is InChI=1S/C12H25N3O.HI/c1-3-4-8-14-11(13)15-10-12(5-6-12)7-9-16-2;/h3-10H2,1-2H3,(H3,13,14,15);1H.